The maximum absolute atomic E-state index is 6.11. The Morgan fingerprint density at radius 2 is 2.24 bits per heavy atom. The van der Waals surface area contributed by atoms with Gasteiger partial charge in [-0.2, -0.15) is 0 Å². The van der Waals surface area contributed by atoms with E-state index in [-0.39, 0.29) is 5.54 Å². The van der Waals surface area contributed by atoms with Gasteiger partial charge in [0.25, 0.3) is 0 Å². The van der Waals surface area contributed by atoms with Gasteiger partial charge >= 0.3 is 0 Å². The predicted molar refractivity (Wildman–Crippen MR) is 75.2 cm³/mol. The Bertz CT molecular complexity index is 496. The van der Waals surface area contributed by atoms with Crippen molar-refractivity contribution in [2.24, 2.45) is 5.73 Å². The first kappa shape index (κ1) is 12.8. The van der Waals surface area contributed by atoms with E-state index in [4.69, 9.17) is 5.73 Å². The number of rotatable bonds is 4. The minimum absolute atomic E-state index is 0.341. The fraction of sp³-hybridized carbons (Fsp3) is 0.417. The van der Waals surface area contributed by atoms with Crippen molar-refractivity contribution in [1.82, 2.24) is 9.55 Å². The number of nitrogens with zero attached hydrogens (tertiary/aromatic N) is 2. The molecule has 2 heterocycles. The topological polar surface area (TPSA) is 43.8 Å². The zero-order valence-electron chi connectivity index (χ0n) is 9.98. The molecule has 0 fully saturated rings. The van der Waals surface area contributed by atoms with Crippen molar-refractivity contribution in [3.05, 3.63) is 39.0 Å². The number of hydrogen-bond acceptors (Lipinski definition) is 3. The summed E-state index contributed by atoms with van der Waals surface area (Å²) in [7, 11) is 0. The second-order valence-electron chi connectivity index (χ2n) is 4.65. The molecule has 0 unspecified atom stereocenters. The van der Waals surface area contributed by atoms with E-state index in [1.165, 1.54) is 8.66 Å². The van der Waals surface area contributed by atoms with Crippen LogP contribution in [0.4, 0.5) is 0 Å². The van der Waals surface area contributed by atoms with Crippen molar-refractivity contribution in [2.45, 2.75) is 32.4 Å². The summed E-state index contributed by atoms with van der Waals surface area (Å²) in [6.45, 7) is 4.92. The molecule has 0 saturated carbocycles. The Kier molecular flexibility index (Phi) is 3.70. The number of aromatic nitrogens is 2. The van der Waals surface area contributed by atoms with Crippen molar-refractivity contribution in [2.75, 3.05) is 0 Å². The molecule has 92 valence electrons. The average Bonchev–Trinajstić information content (AvgIpc) is 2.81. The molecule has 0 radical (unpaired) electrons. The molecule has 0 aliphatic rings. The van der Waals surface area contributed by atoms with Crippen LogP contribution in [0.25, 0.3) is 0 Å². The minimum atomic E-state index is -0.341. The summed E-state index contributed by atoms with van der Waals surface area (Å²) >= 11 is 5.25. The number of halogens is 1. The zero-order valence-corrected chi connectivity index (χ0v) is 12.4. The highest BCUT2D eigenvalue weighted by Crippen LogP contribution is 2.23. The van der Waals surface area contributed by atoms with Crippen molar-refractivity contribution in [1.29, 1.82) is 0 Å². The quantitative estimate of drug-likeness (QED) is 0.942. The van der Waals surface area contributed by atoms with Gasteiger partial charge in [0, 0.05) is 17.6 Å². The molecule has 0 aliphatic carbocycles. The lowest BCUT2D eigenvalue weighted by Gasteiger charge is -2.20. The van der Waals surface area contributed by atoms with Crippen molar-refractivity contribution < 1.29 is 0 Å². The highest BCUT2D eigenvalue weighted by Gasteiger charge is 2.18. The lowest BCUT2D eigenvalue weighted by Crippen LogP contribution is -2.31. The molecule has 0 atom stereocenters. The van der Waals surface area contributed by atoms with Gasteiger partial charge in [0.15, 0.2) is 0 Å². The predicted octanol–water partition coefficient (Wildman–Crippen LogP) is 3.14. The van der Waals surface area contributed by atoms with Gasteiger partial charge in [0.1, 0.15) is 0 Å². The van der Waals surface area contributed by atoms with Crippen LogP contribution in [0.3, 0.4) is 0 Å². The number of hydrogen-bond donors (Lipinski definition) is 1. The number of nitrogens with two attached hydrogens (primary N) is 1. The van der Waals surface area contributed by atoms with Gasteiger partial charge < -0.3 is 10.3 Å². The second-order valence-corrected chi connectivity index (χ2v) is 7.20. The third-order valence-corrected chi connectivity index (χ3v) is 4.28. The molecule has 3 nitrogen and oxygen atoms in total. The van der Waals surface area contributed by atoms with Crippen LogP contribution < -0.4 is 5.73 Å². The largest absolute Gasteiger partial charge is 0.333 e. The highest BCUT2D eigenvalue weighted by molar-refractivity contribution is 9.11. The summed E-state index contributed by atoms with van der Waals surface area (Å²) in [6, 6.07) is 4.24. The van der Waals surface area contributed by atoms with E-state index in [0.717, 1.165) is 18.7 Å². The maximum Gasteiger partial charge on any atom is 0.0948 e. The van der Waals surface area contributed by atoms with E-state index in [9.17, 15) is 0 Å². The smallest absolute Gasteiger partial charge is 0.0948 e. The molecule has 0 aromatic carbocycles. The molecular weight excluding hydrogens is 298 g/mol. The van der Waals surface area contributed by atoms with E-state index in [1.54, 1.807) is 11.3 Å². The summed E-state index contributed by atoms with van der Waals surface area (Å²) in [5.74, 6) is 0. The van der Waals surface area contributed by atoms with Gasteiger partial charge in [0.2, 0.25) is 0 Å². The molecule has 0 bridgehead atoms. The lowest BCUT2D eigenvalue weighted by molar-refractivity contribution is 0.492. The molecule has 0 spiro atoms. The second kappa shape index (κ2) is 4.92. The van der Waals surface area contributed by atoms with Crippen LogP contribution in [0.2, 0.25) is 0 Å². The van der Waals surface area contributed by atoms with Gasteiger partial charge in [-0.1, -0.05) is 0 Å². The molecule has 2 rings (SSSR count). The molecule has 0 saturated heterocycles. The summed E-state index contributed by atoms with van der Waals surface area (Å²) in [5, 5.41) is 0. The van der Waals surface area contributed by atoms with Crippen LogP contribution in [-0.4, -0.2) is 9.55 Å². The fourth-order valence-electron chi connectivity index (χ4n) is 1.75. The molecule has 5 heteroatoms. The van der Waals surface area contributed by atoms with E-state index in [1.807, 2.05) is 26.4 Å². The van der Waals surface area contributed by atoms with Gasteiger partial charge in [0.05, 0.1) is 21.3 Å². The first-order valence-electron chi connectivity index (χ1n) is 5.50. The molecule has 0 amide bonds. The van der Waals surface area contributed by atoms with Crippen molar-refractivity contribution in [3.63, 3.8) is 0 Å². The Hall–Kier alpha value is -0.650. The number of aryl methyl sites for hydroxylation is 2. The van der Waals surface area contributed by atoms with Gasteiger partial charge in [-0.15, -0.1) is 11.3 Å². The van der Waals surface area contributed by atoms with E-state index >= 15 is 0 Å². The SMILES string of the molecule is CC(C)(N)c1cncn1CCc1ccc(Br)s1. The van der Waals surface area contributed by atoms with Gasteiger partial charge in [-0.05, 0) is 48.3 Å². The molecule has 2 aromatic rings. The molecular formula is C12H16BrN3S. The minimum Gasteiger partial charge on any atom is -0.333 e. The summed E-state index contributed by atoms with van der Waals surface area (Å²) in [5.41, 5.74) is 6.85. The van der Waals surface area contributed by atoms with Crippen LogP contribution in [0, 0.1) is 0 Å². The van der Waals surface area contributed by atoms with Crippen LogP contribution in [0.5, 0.6) is 0 Å². The summed E-state index contributed by atoms with van der Waals surface area (Å²) in [6.07, 6.45) is 4.71. The Labute approximate surface area is 114 Å². The van der Waals surface area contributed by atoms with Crippen LogP contribution >= 0.6 is 27.3 Å². The van der Waals surface area contributed by atoms with Crippen LogP contribution in [0.1, 0.15) is 24.4 Å². The summed E-state index contributed by atoms with van der Waals surface area (Å²) < 4.78 is 3.31. The Balaban J connectivity index is 2.07. The van der Waals surface area contributed by atoms with Crippen LogP contribution in [0.15, 0.2) is 28.4 Å². The fourth-order valence-corrected chi connectivity index (χ4v) is 3.22. The van der Waals surface area contributed by atoms with E-state index < -0.39 is 0 Å². The maximum atomic E-state index is 6.11. The zero-order chi connectivity index (χ0) is 12.5. The van der Waals surface area contributed by atoms with Gasteiger partial charge in [-0.25, -0.2) is 4.98 Å². The lowest BCUT2D eigenvalue weighted by atomic mass is 10.0. The molecule has 2 aromatic heterocycles. The summed E-state index contributed by atoms with van der Waals surface area (Å²) in [4.78, 5) is 5.55. The van der Waals surface area contributed by atoms with Crippen molar-refractivity contribution in [3.8, 4) is 0 Å². The van der Waals surface area contributed by atoms with Crippen molar-refractivity contribution >= 4 is 27.3 Å². The highest BCUT2D eigenvalue weighted by atomic mass is 79.9. The molecule has 17 heavy (non-hydrogen) atoms. The number of thiophene rings is 1. The first-order chi connectivity index (χ1) is 7.97. The Morgan fingerprint density at radius 1 is 1.47 bits per heavy atom. The third-order valence-electron chi connectivity index (χ3n) is 2.60. The average molecular weight is 314 g/mol. The molecule has 0 aliphatic heterocycles. The first-order valence-corrected chi connectivity index (χ1v) is 7.11. The van der Waals surface area contributed by atoms with Crippen LogP contribution in [-0.2, 0) is 18.5 Å². The van der Waals surface area contributed by atoms with E-state index in [2.05, 4.69) is 37.6 Å². The Morgan fingerprint density at radius 3 is 2.82 bits per heavy atom. The number of imidazole rings is 1. The monoisotopic (exact) mass is 313 g/mol. The van der Waals surface area contributed by atoms with Gasteiger partial charge in [-0.3, -0.25) is 0 Å². The third kappa shape index (κ3) is 3.18. The normalized spacial score (nSPS) is 12.0. The standard InChI is InChI=1S/C12H16BrN3S/c1-12(2,14)10-7-15-8-16(10)6-5-9-3-4-11(13)17-9/h3-4,7-8H,5-6,14H2,1-2H3. The van der Waals surface area contributed by atoms with E-state index in [0.29, 0.717) is 0 Å². The molecule has 2 N–H and O–H groups in total.